The molecule has 51 heavy (non-hydrogen) atoms. The van der Waals surface area contributed by atoms with Crippen LogP contribution < -0.4 is 0 Å². The summed E-state index contributed by atoms with van der Waals surface area (Å²) in [7, 11) is 0. The molecule has 9 heteroatoms. The molecule has 2 N–H and O–H groups in total. The first-order valence-corrected chi connectivity index (χ1v) is 17.9. The molecule has 0 saturated carbocycles. The Kier molecular flexibility index (Phi) is 11.8. The molecule has 0 unspecified atom stereocenters. The van der Waals surface area contributed by atoms with Gasteiger partial charge in [-0.3, -0.25) is 9.59 Å². The Morgan fingerprint density at radius 3 is 1.59 bits per heavy atom. The summed E-state index contributed by atoms with van der Waals surface area (Å²) in [4.78, 5) is 45.8. The van der Waals surface area contributed by atoms with E-state index in [4.69, 9.17) is 11.6 Å². The van der Waals surface area contributed by atoms with Gasteiger partial charge in [0.05, 0.1) is 43.5 Å². The SMILES string of the molecule is CCCN(Cc1ncc(-c2ccc(-c3ccc(-c4[nH]c(CN(CCC)C(=O)Cc5ccccc5)nc4Cl)cc3)cc2)[nH]1)C(=O)Cc1ccccc1. The molecule has 260 valence electrons. The summed E-state index contributed by atoms with van der Waals surface area (Å²) in [6.45, 7) is 6.26. The Hall–Kier alpha value is -5.47. The maximum absolute atomic E-state index is 13.1. The average Bonchev–Trinajstić information content (AvgIpc) is 3.78. The van der Waals surface area contributed by atoms with Gasteiger partial charge in [-0.25, -0.2) is 9.97 Å². The largest absolute Gasteiger partial charge is 0.341 e. The highest BCUT2D eigenvalue weighted by atomic mass is 35.5. The summed E-state index contributed by atoms with van der Waals surface area (Å²) >= 11 is 6.60. The van der Waals surface area contributed by atoms with Crippen molar-refractivity contribution in [1.29, 1.82) is 0 Å². The van der Waals surface area contributed by atoms with Gasteiger partial charge in [-0.1, -0.05) is 135 Å². The summed E-state index contributed by atoms with van der Waals surface area (Å²) in [5.41, 5.74) is 7.72. The lowest BCUT2D eigenvalue weighted by Crippen LogP contribution is -2.33. The monoisotopic (exact) mass is 698 g/mol. The second-order valence-corrected chi connectivity index (χ2v) is 13.1. The molecule has 6 rings (SSSR count). The Morgan fingerprint density at radius 2 is 1.08 bits per heavy atom. The molecule has 0 fully saturated rings. The Labute approximate surface area is 304 Å². The quantitative estimate of drug-likeness (QED) is 0.112. The molecule has 2 heterocycles. The van der Waals surface area contributed by atoms with Crippen LogP contribution in [0.15, 0.2) is 115 Å². The zero-order valence-electron chi connectivity index (χ0n) is 29.1. The van der Waals surface area contributed by atoms with Gasteiger partial charge in [-0.05, 0) is 40.7 Å². The molecule has 0 aliphatic carbocycles. The van der Waals surface area contributed by atoms with Gasteiger partial charge in [-0.15, -0.1) is 0 Å². The molecule has 2 amide bonds. The van der Waals surface area contributed by atoms with E-state index in [0.717, 1.165) is 63.4 Å². The van der Waals surface area contributed by atoms with Crippen LogP contribution in [-0.4, -0.2) is 54.6 Å². The Balaban J connectivity index is 1.08. The number of hydrogen-bond donors (Lipinski definition) is 2. The highest BCUT2D eigenvalue weighted by molar-refractivity contribution is 6.31. The van der Waals surface area contributed by atoms with Crippen molar-refractivity contribution in [1.82, 2.24) is 29.7 Å². The Bertz CT molecular complexity index is 2020. The number of nitrogens with one attached hydrogen (secondary N) is 2. The van der Waals surface area contributed by atoms with Crippen LogP contribution in [0.5, 0.6) is 0 Å². The van der Waals surface area contributed by atoms with Crippen molar-refractivity contribution in [3.05, 3.63) is 143 Å². The molecule has 2 aromatic heterocycles. The Morgan fingerprint density at radius 1 is 0.608 bits per heavy atom. The molecule has 4 aromatic carbocycles. The number of aromatic nitrogens is 4. The van der Waals surface area contributed by atoms with E-state index >= 15 is 0 Å². The minimum atomic E-state index is 0.0603. The third kappa shape index (κ3) is 9.21. The van der Waals surface area contributed by atoms with E-state index in [0.29, 0.717) is 50.0 Å². The molecular formula is C42H43ClN6O2. The minimum Gasteiger partial charge on any atom is -0.341 e. The van der Waals surface area contributed by atoms with Gasteiger partial charge in [0.15, 0.2) is 5.15 Å². The number of imidazole rings is 2. The van der Waals surface area contributed by atoms with Crippen LogP contribution in [0.4, 0.5) is 0 Å². The summed E-state index contributed by atoms with van der Waals surface area (Å²) < 4.78 is 0. The van der Waals surface area contributed by atoms with Crippen molar-refractivity contribution in [3.63, 3.8) is 0 Å². The molecule has 0 aliphatic heterocycles. The zero-order chi connectivity index (χ0) is 35.6. The number of nitrogens with zero attached hydrogens (tertiary/aromatic N) is 4. The van der Waals surface area contributed by atoms with Crippen LogP contribution in [0.3, 0.4) is 0 Å². The van der Waals surface area contributed by atoms with Crippen LogP contribution in [0.1, 0.15) is 49.5 Å². The van der Waals surface area contributed by atoms with E-state index in [-0.39, 0.29) is 11.8 Å². The fraction of sp³-hybridized carbons (Fsp3) is 0.238. The number of aromatic amines is 2. The van der Waals surface area contributed by atoms with E-state index in [9.17, 15) is 9.59 Å². The second-order valence-electron chi connectivity index (χ2n) is 12.7. The molecule has 0 aliphatic rings. The summed E-state index contributed by atoms with van der Waals surface area (Å²) in [5, 5.41) is 0.381. The maximum Gasteiger partial charge on any atom is 0.227 e. The molecule has 0 saturated heterocycles. The van der Waals surface area contributed by atoms with Crippen molar-refractivity contribution in [2.45, 2.75) is 52.6 Å². The average molecular weight is 699 g/mol. The smallest absolute Gasteiger partial charge is 0.227 e. The number of halogens is 1. The van der Waals surface area contributed by atoms with Crippen LogP contribution >= 0.6 is 11.6 Å². The first-order chi connectivity index (χ1) is 24.9. The van der Waals surface area contributed by atoms with Crippen LogP contribution in [0.2, 0.25) is 5.15 Å². The number of carbonyl (C=O) groups excluding carboxylic acids is 2. The first-order valence-electron chi connectivity index (χ1n) is 17.5. The molecule has 6 aromatic rings. The predicted octanol–water partition coefficient (Wildman–Crippen LogP) is 8.75. The lowest BCUT2D eigenvalue weighted by molar-refractivity contribution is -0.132. The van der Waals surface area contributed by atoms with Crippen molar-refractivity contribution in [2.75, 3.05) is 13.1 Å². The number of benzene rings is 4. The van der Waals surface area contributed by atoms with E-state index in [1.165, 1.54) is 0 Å². The third-order valence-corrected chi connectivity index (χ3v) is 9.08. The van der Waals surface area contributed by atoms with Gasteiger partial charge in [0, 0.05) is 18.7 Å². The highest BCUT2D eigenvalue weighted by Crippen LogP contribution is 2.30. The normalized spacial score (nSPS) is 11.0. The van der Waals surface area contributed by atoms with Crippen molar-refractivity contribution >= 4 is 23.4 Å². The minimum absolute atomic E-state index is 0.0603. The molecular weight excluding hydrogens is 656 g/mol. The van der Waals surface area contributed by atoms with Crippen molar-refractivity contribution < 1.29 is 9.59 Å². The van der Waals surface area contributed by atoms with Gasteiger partial charge < -0.3 is 19.8 Å². The van der Waals surface area contributed by atoms with Gasteiger partial charge in [0.25, 0.3) is 0 Å². The number of carbonyl (C=O) groups is 2. The van der Waals surface area contributed by atoms with Crippen molar-refractivity contribution in [2.24, 2.45) is 0 Å². The van der Waals surface area contributed by atoms with Crippen molar-refractivity contribution in [3.8, 4) is 33.6 Å². The maximum atomic E-state index is 13.1. The third-order valence-electron chi connectivity index (χ3n) is 8.81. The summed E-state index contributed by atoms with van der Waals surface area (Å²) in [6, 6.07) is 36.1. The molecule has 0 radical (unpaired) electrons. The standard InChI is InChI=1S/C42H43ClN6O2/c1-3-23-48(39(50)25-30-11-7-5-8-12-30)28-37-44-27-36(45-37)34-19-15-32(16-20-34)33-17-21-35(22-18-33)41-42(43)47-38(46-41)29-49(24-4-2)40(51)26-31-13-9-6-10-14-31/h5-22,27H,3-4,23-26,28-29H2,1-2H3,(H,44,45)(H,46,47). The van der Waals surface area contributed by atoms with E-state index in [1.807, 2.05) is 88.8 Å². The molecule has 0 spiro atoms. The topological polar surface area (TPSA) is 98.0 Å². The lowest BCUT2D eigenvalue weighted by Gasteiger charge is -2.21. The van der Waals surface area contributed by atoms with Crippen LogP contribution in [-0.2, 0) is 35.5 Å². The lowest BCUT2D eigenvalue weighted by atomic mass is 10.0. The van der Waals surface area contributed by atoms with Crippen LogP contribution in [0, 0.1) is 0 Å². The number of rotatable bonds is 15. The molecule has 0 atom stereocenters. The predicted molar refractivity (Wildman–Crippen MR) is 204 cm³/mol. The van der Waals surface area contributed by atoms with E-state index < -0.39 is 0 Å². The first kappa shape index (κ1) is 35.4. The number of hydrogen-bond acceptors (Lipinski definition) is 4. The molecule has 8 nitrogen and oxygen atoms in total. The zero-order valence-corrected chi connectivity index (χ0v) is 29.9. The number of amides is 2. The fourth-order valence-electron chi connectivity index (χ4n) is 6.18. The number of H-pyrrole nitrogens is 2. The van der Waals surface area contributed by atoms with Gasteiger partial charge in [-0.2, -0.15) is 0 Å². The van der Waals surface area contributed by atoms with E-state index in [2.05, 4.69) is 70.2 Å². The van der Waals surface area contributed by atoms with Gasteiger partial charge >= 0.3 is 0 Å². The van der Waals surface area contributed by atoms with E-state index in [1.54, 1.807) is 0 Å². The van der Waals surface area contributed by atoms with Crippen LogP contribution in [0.25, 0.3) is 33.6 Å². The second kappa shape index (κ2) is 17.0. The highest BCUT2D eigenvalue weighted by Gasteiger charge is 2.19. The summed E-state index contributed by atoms with van der Waals surface area (Å²) in [5.74, 6) is 1.57. The van der Waals surface area contributed by atoms with Gasteiger partial charge in [0.1, 0.15) is 11.6 Å². The fourth-order valence-corrected chi connectivity index (χ4v) is 6.43. The summed E-state index contributed by atoms with van der Waals surface area (Å²) in [6.07, 6.45) is 4.28. The van der Waals surface area contributed by atoms with Gasteiger partial charge in [0.2, 0.25) is 11.8 Å². The molecule has 0 bridgehead atoms.